The van der Waals surface area contributed by atoms with Gasteiger partial charge < -0.3 is 15.2 Å². The van der Waals surface area contributed by atoms with Crippen molar-refractivity contribution in [1.29, 1.82) is 0 Å². The van der Waals surface area contributed by atoms with Crippen molar-refractivity contribution in [3.63, 3.8) is 0 Å². The van der Waals surface area contributed by atoms with Gasteiger partial charge in [-0.1, -0.05) is 25.9 Å². The van der Waals surface area contributed by atoms with Gasteiger partial charge in [0.05, 0.1) is 17.7 Å². The van der Waals surface area contributed by atoms with E-state index in [4.69, 9.17) is 20.6 Å². The summed E-state index contributed by atoms with van der Waals surface area (Å²) in [5, 5.41) is 33.2. The number of nitrogens with zero attached hydrogens (tertiary/aromatic N) is 6. The van der Waals surface area contributed by atoms with E-state index in [9.17, 15) is 5.11 Å². The first-order chi connectivity index (χ1) is 12.2. The van der Waals surface area contributed by atoms with E-state index in [1.165, 1.54) is 0 Å². The predicted molar refractivity (Wildman–Crippen MR) is 98.7 cm³/mol. The van der Waals surface area contributed by atoms with E-state index >= 15 is 0 Å². The Bertz CT molecular complexity index is 866. The SMILES string of the molecule is C/C(=N/O)C(=[NH2+])Cn1ncc2c(N3CC[C@H](O)C3)nc(C(C)(C)C)nc21. The number of aliphatic hydroxyl groups is 1. The van der Waals surface area contributed by atoms with Gasteiger partial charge in [-0.25, -0.2) is 14.6 Å². The summed E-state index contributed by atoms with van der Waals surface area (Å²) in [4.78, 5) is 11.6. The molecule has 0 radical (unpaired) electrons. The maximum atomic E-state index is 9.91. The molecule has 1 atom stereocenters. The normalized spacial score (nSPS) is 18.7. The number of hydrogen-bond donors (Lipinski definition) is 3. The van der Waals surface area contributed by atoms with Gasteiger partial charge in [0.2, 0.25) is 5.71 Å². The Balaban J connectivity index is 2.11. The molecule has 2 aromatic heterocycles. The maximum absolute atomic E-state index is 9.91. The molecule has 1 saturated heterocycles. The number of anilines is 1. The Labute approximate surface area is 151 Å². The van der Waals surface area contributed by atoms with Crippen LogP contribution in [0.2, 0.25) is 0 Å². The van der Waals surface area contributed by atoms with Gasteiger partial charge in [-0.2, -0.15) is 5.10 Å². The molecule has 26 heavy (non-hydrogen) atoms. The summed E-state index contributed by atoms with van der Waals surface area (Å²) in [5.74, 6) is 1.49. The van der Waals surface area contributed by atoms with E-state index < -0.39 is 0 Å². The molecule has 0 unspecified atom stereocenters. The van der Waals surface area contributed by atoms with Crippen molar-refractivity contribution in [3.8, 4) is 0 Å². The van der Waals surface area contributed by atoms with Gasteiger partial charge in [-0.15, -0.1) is 0 Å². The molecule has 1 aliphatic rings. The fourth-order valence-electron chi connectivity index (χ4n) is 2.91. The van der Waals surface area contributed by atoms with E-state index in [1.54, 1.807) is 17.8 Å². The maximum Gasteiger partial charge on any atom is 0.219 e. The van der Waals surface area contributed by atoms with Crippen LogP contribution in [0.1, 0.15) is 39.9 Å². The fourth-order valence-corrected chi connectivity index (χ4v) is 2.91. The molecule has 9 nitrogen and oxygen atoms in total. The standard InChI is InChI=1S/C17H25N7O2/c1-10(22-26)13(18)9-24-15-12(7-19-24)14(23-6-5-11(25)8-23)20-16(21-15)17(2,3)4/h7,11,18,25-26H,5-6,8-9H2,1-4H3/p+1/b18-13?,22-10-/t11-/m0/s1. The largest absolute Gasteiger partial charge is 0.410 e. The van der Waals surface area contributed by atoms with Gasteiger partial charge in [-0.05, 0) is 13.3 Å². The van der Waals surface area contributed by atoms with Crippen molar-refractivity contribution in [2.24, 2.45) is 5.16 Å². The van der Waals surface area contributed by atoms with Gasteiger partial charge >= 0.3 is 0 Å². The monoisotopic (exact) mass is 360 g/mol. The summed E-state index contributed by atoms with van der Waals surface area (Å²) in [7, 11) is 0. The second-order valence-corrected chi connectivity index (χ2v) is 7.76. The quantitative estimate of drug-likeness (QED) is 0.392. The van der Waals surface area contributed by atoms with Crippen LogP contribution in [0.15, 0.2) is 11.4 Å². The summed E-state index contributed by atoms with van der Waals surface area (Å²) in [6.07, 6.45) is 2.10. The topological polar surface area (TPSA) is 125 Å². The third-order valence-corrected chi connectivity index (χ3v) is 4.54. The summed E-state index contributed by atoms with van der Waals surface area (Å²) in [6.45, 7) is 9.36. The van der Waals surface area contributed by atoms with E-state index in [2.05, 4.69) is 35.9 Å². The van der Waals surface area contributed by atoms with Crippen molar-refractivity contribution in [1.82, 2.24) is 19.7 Å². The zero-order chi connectivity index (χ0) is 19.1. The number of hydrogen-bond acceptors (Lipinski definition) is 7. The summed E-state index contributed by atoms with van der Waals surface area (Å²) >= 11 is 0. The van der Waals surface area contributed by atoms with Crippen LogP contribution in [0, 0.1) is 0 Å². The fraction of sp³-hybridized carbons (Fsp3) is 0.588. The highest BCUT2D eigenvalue weighted by Crippen LogP contribution is 2.30. The van der Waals surface area contributed by atoms with Gasteiger partial charge in [-0.3, -0.25) is 5.41 Å². The number of oxime groups is 1. The Morgan fingerprint density at radius 1 is 1.38 bits per heavy atom. The van der Waals surface area contributed by atoms with Crippen molar-refractivity contribution in [2.75, 3.05) is 18.0 Å². The Morgan fingerprint density at radius 2 is 2.12 bits per heavy atom. The van der Waals surface area contributed by atoms with Crippen molar-refractivity contribution in [2.45, 2.75) is 52.2 Å². The summed E-state index contributed by atoms with van der Waals surface area (Å²) in [6, 6.07) is 0. The smallest absolute Gasteiger partial charge is 0.219 e. The molecular formula is C17H26N7O2+. The third kappa shape index (κ3) is 3.39. The summed E-state index contributed by atoms with van der Waals surface area (Å²) < 4.78 is 1.69. The minimum absolute atomic E-state index is 0.242. The van der Waals surface area contributed by atoms with Crippen molar-refractivity contribution < 1.29 is 15.7 Å². The van der Waals surface area contributed by atoms with Gasteiger partial charge in [0.1, 0.15) is 23.9 Å². The molecule has 0 spiro atoms. The molecule has 3 rings (SSSR count). The lowest BCUT2D eigenvalue weighted by molar-refractivity contribution is -0.113. The lowest BCUT2D eigenvalue weighted by atomic mass is 9.95. The van der Waals surface area contributed by atoms with E-state index in [0.717, 1.165) is 24.2 Å². The van der Waals surface area contributed by atoms with E-state index in [1.807, 2.05) is 0 Å². The molecular weight excluding hydrogens is 334 g/mol. The second-order valence-electron chi connectivity index (χ2n) is 7.76. The van der Waals surface area contributed by atoms with Crippen molar-refractivity contribution in [3.05, 3.63) is 12.0 Å². The minimum atomic E-state index is -0.347. The number of β-amino-alcohol motifs (C(OH)–C–C–N with tert-alkyl or cyclic N) is 1. The second kappa shape index (κ2) is 6.64. The molecule has 2 aromatic rings. The Kier molecular flexibility index (Phi) is 4.66. The molecule has 4 N–H and O–H groups in total. The number of nitrogens with two attached hydrogens (primary N) is 1. The molecule has 140 valence electrons. The summed E-state index contributed by atoms with van der Waals surface area (Å²) in [5.41, 5.74) is 1.19. The molecule has 0 aliphatic carbocycles. The van der Waals surface area contributed by atoms with Gasteiger partial charge in [0, 0.05) is 18.5 Å². The van der Waals surface area contributed by atoms with Crippen LogP contribution in [0.5, 0.6) is 0 Å². The molecule has 0 saturated carbocycles. The molecule has 9 heteroatoms. The number of aromatic nitrogens is 4. The lowest BCUT2D eigenvalue weighted by Crippen LogP contribution is -2.46. The zero-order valence-electron chi connectivity index (χ0n) is 15.6. The van der Waals surface area contributed by atoms with Gasteiger partial charge in [0.25, 0.3) is 0 Å². The lowest BCUT2D eigenvalue weighted by Gasteiger charge is -2.22. The first-order valence-corrected chi connectivity index (χ1v) is 8.68. The molecule has 1 aliphatic heterocycles. The van der Waals surface area contributed by atoms with Gasteiger partial charge in [0.15, 0.2) is 5.65 Å². The minimum Gasteiger partial charge on any atom is -0.410 e. The average Bonchev–Trinajstić information content (AvgIpc) is 3.19. The zero-order valence-corrected chi connectivity index (χ0v) is 15.6. The van der Waals surface area contributed by atoms with Crippen LogP contribution in [-0.4, -0.2) is 60.7 Å². The van der Waals surface area contributed by atoms with Crippen LogP contribution < -0.4 is 10.3 Å². The number of fused-ring (bicyclic) bond motifs is 1. The number of rotatable bonds is 4. The van der Waals surface area contributed by atoms with Crippen LogP contribution >= 0.6 is 0 Å². The molecule has 0 amide bonds. The number of aliphatic hydroxyl groups excluding tert-OH is 1. The molecule has 0 aromatic carbocycles. The molecule has 1 fully saturated rings. The van der Waals surface area contributed by atoms with Crippen LogP contribution in [0.4, 0.5) is 5.82 Å². The Hall–Kier alpha value is -2.55. The van der Waals surface area contributed by atoms with Crippen LogP contribution in [0.25, 0.3) is 11.0 Å². The Morgan fingerprint density at radius 3 is 2.69 bits per heavy atom. The average molecular weight is 360 g/mol. The van der Waals surface area contributed by atoms with Crippen molar-refractivity contribution >= 4 is 28.3 Å². The third-order valence-electron chi connectivity index (χ3n) is 4.54. The predicted octanol–water partition coefficient (Wildman–Crippen LogP) is -0.255. The highest BCUT2D eigenvalue weighted by Gasteiger charge is 2.28. The van der Waals surface area contributed by atoms with Crippen LogP contribution in [-0.2, 0) is 12.0 Å². The molecule has 0 bridgehead atoms. The van der Waals surface area contributed by atoms with Crippen LogP contribution in [0.3, 0.4) is 0 Å². The molecule has 3 heterocycles. The highest BCUT2D eigenvalue weighted by atomic mass is 16.4. The highest BCUT2D eigenvalue weighted by molar-refractivity contribution is 6.38. The van der Waals surface area contributed by atoms with E-state index in [0.29, 0.717) is 29.4 Å². The first kappa shape index (κ1) is 18.2. The first-order valence-electron chi connectivity index (χ1n) is 8.68. The van der Waals surface area contributed by atoms with E-state index in [-0.39, 0.29) is 18.1 Å².